The molecule has 11 rings (SSSR count). The Balaban J connectivity index is 1.02. The maximum absolute atomic E-state index is 2.44. The average molecular weight is 689 g/mol. The van der Waals surface area contributed by atoms with E-state index in [1.165, 1.54) is 77.4 Å². The van der Waals surface area contributed by atoms with Crippen LogP contribution in [0, 0.1) is 0 Å². The lowest BCUT2D eigenvalue weighted by Crippen LogP contribution is -2.12. The van der Waals surface area contributed by atoms with Gasteiger partial charge < -0.3 is 9.80 Å². The molecule has 2 aliphatic rings. The zero-order valence-corrected chi connectivity index (χ0v) is 29.8. The van der Waals surface area contributed by atoms with Crippen LogP contribution in [0.4, 0.5) is 34.1 Å². The minimum Gasteiger partial charge on any atom is -0.310 e. The van der Waals surface area contributed by atoms with Gasteiger partial charge in [-0.1, -0.05) is 133 Å². The second kappa shape index (κ2) is 12.4. The van der Waals surface area contributed by atoms with E-state index in [0.717, 1.165) is 35.6 Å². The van der Waals surface area contributed by atoms with Gasteiger partial charge in [0.05, 0.1) is 11.4 Å². The van der Waals surface area contributed by atoms with Gasteiger partial charge in [0.25, 0.3) is 0 Å². The second-order valence-electron chi connectivity index (χ2n) is 14.5. The maximum atomic E-state index is 2.44. The van der Waals surface area contributed by atoms with Crippen LogP contribution < -0.4 is 9.80 Å². The van der Waals surface area contributed by atoms with E-state index in [4.69, 9.17) is 0 Å². The zero-order chi connectivity index (χ0) is 35.6. The normalized spacial score (nSPS) is 12.3. The minimum absolute atomic E-state index is 0.935. The maximum Gasteiger partial charge on any atom is 0.0503 e. The first-order valence-corrected chi connectivity index (χ1v) is 18.9. The summed E-state index contributed by atoms with van der Waals surface area (Å²) in [6, 6.07) is 71.3. The molecule has 0 bridgehead atoms. The molecule has 54 heavy (non-hydrogen) atoms. The summed E-state index contributed by atoms with van der Waals surface area (Å²) in [5.74, 6) is 0. The molecule has 0 heterocycles. The van der Waals surface area contributed by atoms with Gasteiger partial charge >= 0.3 is 0 Å². The standard InChI is InChI=1S/C52H36N2/c1-3-15-39(16-4-1)53(51-23-11-21-47-43-19-9-7-13-35(43)33-49(47)51)41-27-29-45-37(31-41)25-26-38-32-42(28-30-46(38)45)54(40-17-5-2-6-18-40)52-24-12-22-48-44-20-10-8-14-36(44)34-50(48)52/h1-32H,33-34H2. The van der Waals surface area contributed by atoms with Gasteiger partial charge in [-0.05, 0) is 127 Å². The fourth-order valence-electron chi connectivity index (χ4n) is 9.03. The van der Waals surface area contributed by atoms with Crippen LogP contribution >= 0.6 is 0 Å². The largest absolute Gasteiger partial charge is 0.310 e. The van der Waals surface area contributed by atoms with Crippen LogP contribution in [0.25, 0.3) is 43.8 Å². The monoisotopic (exact) mass is 688 g/mol. The van der Waals surface area contributed by atoms with Crippen molar-refractivity contribution < 1.29 is 0 Å². The van der Waals surface area contributed by atoms with Gasteiger partial charge in [-0.3, -0.25) is 0 Å². The molecular formula is C52H36N2. The molecule has 0 fully saturated rings. The van der Waals surface area contributed by atoms with Crippen molar-refractivity contribution in [3.8, 4) is 22.3 Å². The second-order valence-corrected chi connectivity index (χ2v) is 14.5. The first-order valence-electron chi connectivity index (χ1n) is 18.9. The van der Waals surface area contributed by atoms with Crippen molar-refractivity contribution >= 4 is 55.7 Å². The molecule has 0 radical (unpaired) electrons. The molecule has 0 unspecified atom stereocenters. The summed E-state index contributed by atoms with van der Waals surface area (Å²) in [5.41, 5.74) is 18.0. The van der Waals surface area contributed by atoms with Crippen molar-refractivity contribution in [1.82, 2.24) is 0 Å². The molecule has 0 saturated carbocycles. The third-order valence-corrected chi connectivity index (χ3v) is 11.5. The zero-order valence-electron chi connectivity index (χ0n) is 29.8. The summed E-state index contributed by atoms with van der Waals surface area (Å²) in [4.78, 5) is 4.87. The van der Waals surface area contributed by atoms with Crippen LogP contribution in [0.1, 0.15) is 22.3 Å². The van der Waals surface area contributed by atoms with Gasteiger partial charge in [0, 0.05) is 35.6 Å². The topological polar surface area (TPSA) is 6.48 Å². The number of rotatable bonds is 6. The van der Waals surface area contributed by atoms with Gasteiger partial charge in [-0.2, -0.15) is 0 Å². The summed E-state index contributed by atoms with van der Waals surface area (Å²) in [6.45, 7) is 0. The molecule has 0 aliphatic heterocycles. The molecule has 0 saturated heterocycles. The fourth-order valence-corrected chi connectivity index (χ4v) is 9.03. The van der Waals surface area contributed by atoms with Crippen LogP contribution in [0.3, 0.4) is 0 Å². The number of anilines is 6. The third-order valence-electron chi connectivity index (χ3n) is 11.5. The van der Waals surface area contributed by atoms with Gasteiger partial charge in [0.1, 0.15) is 0 Å². The van der Waals surface area contributed by atoms with Gasteiger partial charge in [-0.25, -0.2) is 0 Å². The number of fused-ring (bicyclic) bond motifs is 9. The highest BCUT2D eigenvalue weighted by Crippen LogP contribution is 2.48. The number of hydrogen-bond acceptors (Lipinski definition) is 2. The van der Waals surface area contributed by atoms with Crippen molar-refractivity contribution in [3.63, 3.8) is 0 Å². The summed E-state index contributed by atoms with van der Waals surface area (Å²) < 4.78 is 0. The van der Waals surface area contributed by atoms with E-state index in [1.807, 2.05) is 0 Å². The quantitative estimate of drug-likeness (QED) is 0.160. The molecule has 9 aromatic rings. The Bertz CT molecular complexity index is 2690. The highest BCUT2D eigenvalue weighted by atomic mass is 15.2. The van der Waals surface area contributed by atoms with E-state index in [1.54, 1.807) is 0 Å². The first kappa shape index (κ1) is 30.7. The van der Waals surface area contributed by atoms with Gasteiger partial charge in [-0.15, -0.1) is 0 Å². The lowest BCUT2D eigenvalue weighted by Gasteiger charge is -2.28. The predicted octanol–water partition coefficient (Wildman–Crippen LogP) is 14.1. The molecule has 2 heteroatoms. The van der Waals surface area contributed by atoms with Gasteiger partial charge in [0.2, 0.25) is 0 Å². The number of hydrogen-bond donors (Lipinski definition) is 0. The molecule has 0 amide bonds. The SMILES string of the molecule is c1ccc(N(c2ccc3c(ccc4cc(N(c5ccccc5)c5cccc6c5Cc5ccccc5-6)ccc43)c2)c2cccc3c2Cc2ccccc2-3)cc1. The number of benzene rings is 9. The molecule has 2 aliphatic carbocycles. The van der Waals surface area contributed by atoms with Crippen molar-refractivity contribution in [2.75, 3.05) is 9.80 Å². The van der Waals surface area contributed by atoms with Gasteiger partial charge in [0.15, 0.2) is 0 Å². The van der Waals surface area contributed by atoms with Crippen LogP contribution in [0.5, 0.6) is 0 Å². The third kappa shape index (κ3) is 4.88. The highest BCUT2D eigenvalue weighted by molar-refractivity contribution is 6.10. The molecule has 0 spiro atoms. The Kier molecular flexibility index (Phi) is 7.03. The minimum atomic E-state index is 0.935. The van der Waals surface area contributed by atoms with Crippen LogP contribution in [0.2, 0.25) is 0 Å². The Labute approximate surface area is 315 Å². The van der Waals surface area contributed by atoms with E-state index >= 15 is 0 Å². The van der Waals surface area contributed by atoms with E-state index < -0.39 is 0 Å². The summed E-state index contributed by atoms with van der Waals surface area (Å²) in [7, 11) is 0. The molecule has 0 aromatic heterocycles. The Morgan fingerprint density at radius 2 is 0.704 bits per heavy atom. The highest BCUT2D eigenvalue weighted by Gasteiger charge is 2.26. The van der Waals surface area contributed by atoms with E-state index in [0.29, 0.717) is 0 Å². The Morgan fingerprint density at radius 1 is 0.296 bits per heavy atom. The van der Waals surface area contributed by atoms with Crippen molar-refractivity contribution in [2.45, 2.75) is 12.8 Å². The van der Waals surface area contributed by atoms with Crippen LogP contribution in [0.15, 0.2) is 194 Å². The lowest BCUT2D eigenvalue weighted by atomic mass is 9.99. The molecule has 254 valence electrons. The fraction of sp³-hybridized carbons (Fsp3) is 0.0385. The van der Waals surface area contributed by atoms with Crippen molar-refractivity contribution in [2.24, 2.45) is 0 Å². The lowest BCUT2D eigenvalue weighted by molar-refractivity contribution is 1.20. The number of nitrogens with zero attached hydrogens (tertiary/aromatic N) is 2. The molecule has 9 aromatic carbocycles. The summed E-state index contributed by atoms with van der Waals surface area (Å²) in [5, 5.41) is 4.96. The van der Waals surface area contributed by atoms with E-state index in [-0.39, 0.29) is 0 Å². The first-order chi connectivity index (χ1) is 26.8. The van der Waals surface area contributed by atoms with Crippen molar-refractivity contribution in [3.05, 3.63) is 216 Å². The summed E-state index contributed by atoms with van der Waals surface area (Å²) in [6.07, 6.45) is 1.87. The van der Waals surface area contributed by atoms with Crippen molar-refractivity contribution in [1.29, 1.82) is 0 Å². The van der Waals surface area contributed by atoms with Crippen LogP contribution in [-0.4, -0.2) is 0 Å². The van der Waals surface area contributed by atoms with E-state index in [2.05, 4.69) is 204 Å². The Morgan fingerprint density at radius 3 is 1.17 bits per heavy atom. The smallest absolute Gasteiger partial charge is 0.0503 e. The molecular weight excluding hydrogens is 653 g/mol. The Hall–Kier alpha value is -6.90. The number of para-hydroxylation sites is 2. The predicted molar refractivity (Wildman–Crippen MR) is 227 cm³/mol. The molecule has 0 atom stereocenters. The molecule has 0 N–H and O–H groups in total. The van der Waals surface area contributed by atoms with Crippen LogP contribution in [-0.2, 0) is 12.8 Å². The summed E-state index contributed by atoms with van der Waals surface area (Å²) >= 11 is 0. The average Bonchev–Trinajstić information content (AvgIpc) is 3.81. The van der Waals surface area contributed by atoms with E-state index in [9.17, 15) is 0 Å². The molecule has 2 nitrogen and oxygen atoms in total.